The van der Waals surface area contributed by atoms with Gasteiger partial charge in [0.15, 0.2) is 0 Å². The number of rotatable bonds is 3. The summed E-state index contributed by atoms with van der Waals surface area (Å²) < 4.78 is 3.14. The largest absolute Gasteiger partial charge is 0.333 e. The minimum absolute atomic E-state index is 0.175. The van der Waals surface area contributed by atoms with Crippen LogP contribution in [0.5, 0.6) is 0 Å². The number of aromatic nitrogens is 4. The molecule has 0 amide bonds. The van der Waals surface area contributed by atoms with Crippen LogP contribution < -0.4 is 5.69 Å². The van der Waals surface area contributed by atoms with Gasteiger partial charge in [0.05, 0.1) is 34.4 Å². The first kappa shape index (κ1) is 17.8. The number of fused-ring (bicyclic) bond motifs is 1. The summed E-state index contributed by atoms with van der Waals surface area (Å²) in [6.45, 7) is 0. The molecule has 1 aliphatic rings. The summed E-state index contributed by atoms with van der Waals surface area (Å²) in [5.41, 5.74) is 6.64. The van der Waals surface area contributed by atoms with Crippen molar-refractivity contribution in [2.24, 2.45) is 7.05 Å². The second kappa shape index (κ2) is 6.98. The first-order chi connectivity index (χ1) is 14.6. The molecule has 1 aromatic carbocycles. The van der Waals surface area contributed by atoms with Gasteiger partial charge in [0, 0.05) is 37.6 Å². The molecule has 0 unspecified atom stereocenters. The van der Waals surface area contributed by atoms with Gasteiger partial charge in [-0.25, -0.2) is 4.79 Å². The van der Waals surface area contributed by atoms with E-state index in [2.05, 4.69) is 34.3 Å². The summed E-state index contributed by atoms with van der Waals surface area (Å²) in [6, 6.07) is 15.1. The van der Waals surface area contributed by atoms with E-state index >= 15 is 0 Å². The molecule has 0 radical (unpaired) electrons. The summed E-state index contributed by atoms with van der Waals surface area (Å²) in [5.74, 6) is 0. The Labute approximate surface area is 173 Å². The molecule has 1 aliphatic carbocycles. The van der Waals surface area contributed by atoms with E-state index in [1.165, 1.54) is 4.57 Å². The quantitative estimate of drug-likeness (QED) is 0.533. The molecule has 4 aromatic rings. The fourth-order valence-corrected chi connectivity index (χ4v) is 3.70. The van der Waals surface area contributed by atoms with Crippen LogP contribution in [-0.2, 0) is 13.5 Å². The standard InChI is InChI=1S/C24H17N5O/c1-28-15-23(29(24(28)30)20-7-5-16(13-25)6-8-20)22-12-17(9-10-26-22)19-11-18-3-2-4-21(18)27-14-19/h2-3,5-12,14-15H,4H2,1H3. The van der Waals surface area contributed by atoms with E-state index in [-0.39, 0.29) is 5.69 Å². The number of allylic oxidation sites excluding steroid dienone is 1. The van der Waals surface area contributed by atoms with E-state index < -0.39 is 0 Å². The zero-order valence-corrected chi connectivity index (χ0v) is 16.3. The van der Waals surface area contributed by atoms with E-state index in [1.54, 1.807) is 48.3 Å². The van der Waals surface area contributed by atoms with Crippen LogP contribution in [0.15, 0.2) is 71.9 Å². The second-order valence-electron chi connectivity index (χ2n) is 7.20. The number of benzene rings is 1. The van der Waals surface area contributed by atoms with E-state index in [0.29, 0.717) is 22.6 Å². The molecule has 3 heterocycles. The molecule has 0 N–H and O–H groups in total. The Morgan fingerprint density at radius 2 is 1.90 bits per heavy atom. The van der Waals surface area contributed by atoms with Crippen LogP contribution in [0.4, 0.5) is 0 Å². The average Bonchev–Trinajstić information content (AvgIpc) is 3.38. The number of aryl methyl sites for hydroxylation is 1. The van der Waals surface area contributed by atoms with Gasteiger partial charge in [-0.2, -0.15) is 5.26 Å². The van der Waals surface area contributed by atoms with E-state index in [9.17, 15) is 4.79 Å². The Hall–Kier alpha value is -4.24. The highest BCUT2D eigenvalue weighted by Crippen LogP contribution is 2.28. The zero-order chi connectivity index (χ0) is 20.7. The number of imidazole rings is 1. The van der Waals surface area contributed by atoms with E-state index in [4.69, 9.17) is 5.26 Å². The van der Waals surface area contributed by atoms with Crippen LogP contribution in [0.2, 0.25) is 0 Å². The van der Waals surface area contributed by atoms with Gasteiger partial charge >= 0.3 is 5.69 Å². The van der Waals surface area contributed by atoms with Crippen molar-refractivity contribution in [3.8, 4) is 34.3 Å². The maximum absolute atomic E-state index is 12.8. The van der Waals surface area contributed by atoms with E-state index in [1.807, 2.05) is 18.3 Å². The summed E-state index contributed by atoms with van der Waals surface area (Å²) in [4.78, 5) is 21.9. The molecule has 144 valence electrons. The minimum atomic E-state index is -0.175. The molecular weight excluding hydrogens is 374 g/mol. The van der Waals surface area contributed by atoms with Crippen molar-refractivity contribution in [3.63, 3.8) is 0 Å². The van der Waals surface area contributed by atoms with Crippen molar-refractivity contribution >= 4 is 6.08 Å². The molecule has 3 aromatic heterocycles. The Morgan fingerprint density at radius 1 is 1.07 bits per heavy atom. The summed E-state index contributed by atoms with van der Waals surface area (Å²) in [5, 5.41) is 9.05. The Morgan fingerprint density at radius 3 is 2.70 bits per heavy atom. The van der Waals surface area contributed by atoms with Crippen molar-refractivity contribution in [3.05, 3.63) is 94.4 Å². The first-order valence-corrected chi connectivity index (χ1v) is 9.55. The predicted octanol–water partition coefficient (Wildman–Crippen LogP) is 3.74. The lowest BCUT2D eigenvalue weighted by molar-refractivity contribution is 0.824. The predicted molar refractivity (Wildman–Crippen MR) is 115 cm³/mol. The van der Waals surface area contributed by atoms with Crippen LogP contribution in [-0.4, -0.2) is 19.1 Å². The Bertz CT molecular complexity index is 1400. The van der Waals surface area contributed by atoms with Crippen LogP contribution in [0.25, 0.3) is 34.3 Å². The van der Waals surface area contributed by atoms with Gasteiger partial charge < -0.3 is 4.57 Å². The second-order valence-corrected chi connectivity index (χ2v) is 7.20. The maximum atomic E-state index is 12.8. The van der Waals surface area contributed by atoms with Crippen LogP contribution in [0.1, 0.15) is 16.8 Å². The van der Waals surface area contributed by atoms with Gasteiger partial charge in [0.2, 0.25) is 0 Å². The number of nitriles is 1. The normalized spacial score (nSPS) is 12.0. The van der Waals surface area contributed by atoms with Crippen molar-refractivity contribution in [2.45, 2.75) is 6.42 Å². The Kier molecular flexibility index (Phi) is 4.15. The molecule has 0 saturated carbocycles. The lowest BCUT2D eigenvalue weighted by Gasteiger charge is -2.09. The highest BCUT2D eigenvalue weighted by atomic mass is 16.1. The maximum Gasteiger partial charge on any atom is 0.333 e. The summed E-state index contributed by atoms with van der Waals surface area (Å²) in [6.07, 6.45) is 10.5. The SMILES string of the molecule is Cn1cc(-c2cc(-c3cnc4c(c3)C=CC4)ccn2)n(-c2ccc(C#N)cc2)c1=O. The van der Waals surface area contributed by atoms with Gasteiger partial charge in [0.1, 0.15) is 0 Å². The topological polar surface area (TPSA) is 76.5 Å². The fourth-order valence-electron chi connectivity index (χ4n) is 3.70. The number of hydrogen-bond donors (Lipinski definition) is 0. The third-order valence-corrected chi connectivity index (χ3v) is 5.27. The zero-order valence-electron chi connectivity index (χ0n) is 16.3. The molecule has 0 saturated heterocycles. The third-order valence-electron chi connectivity index (χ3n) is 5.27. The molecule has 0 bridgehead atoms. The fraction of sp³-hybridized carbons (Fsp3) is 0.0833. The summed E-state index contributed by atoms with van der Waals surface area (Å²) >= 11 is 0. The molecule has 5 rings (SSSR count). The number of nitrogens with zero attached hydrogens (tertiary/aromatic N) is 5. The number of hydrogen-bond acceptors (Lipinski definition) is 4. The lowest BCUT2D eigenvalue weighted by atomic mass is 10.0. The molecule has 30 heavy (non-hydrogen) atoms. The first-order valence-electron chi connectivity index (χ1n) is 9.55. The van der Waals surface area contributed by atoms with Gasteiger partial charge in [-0.15, -0.1) is 0 Å². The lowest BCUT2D eigenvalue weighted by Crippen LogP contribution is -2.21. The number of pyridine rings is 2. The minimum Gasteiger partial charge on any atom is -0.301 e. The monoisotopic (exact) mass is 391 g/mol. The molecule has 6 nitrogen and oxygen atoms in total. The Balaban J connectivity index is 1.62. The van der Waals surface area contributed by atoms with Crippen molar-refractivity contribution in [2.75, 3.05) is 0 Å². The van der Waals surface area contributed by atoms with E-state index in [0.717, 1.165) is 28.8 Å². The highest BCUT2D eigenvalue weighted by molar-refractivity contribution is 5.72. The molecule has 0 atom stereocenters. The molecule has 0 aliphatic heterocycles. The van der Waals surface area contributed by atoms with Gasteiger partial charge in [-0.1, -0.05) is 12.2 Å². The van der Waals surface area contributed by atoms with Gasteiger partial charge in [0.25, 0.3) is 0 Å². The van der Waals surface area contributed by atoms with Gasteiger partial charge in [-0.05, 0) is 53.6 Å². The molecule has 0 fully saturated rings. The van der Waals surface area contributed by atoms with Crippen LogP contribution in [0.3, 0.4) is 0 Å². The third kappa shape index (κ3) is 2.93. The molecule has 0 spiro atoms. The van der Waals surface area contributed by atoms with Crippen LogP contribution >= 0.6 is 0 Å². The summed E-state index contributed by atoms with van der Waals surface area (Å²) in [7, 11) is 1.71. The highest BCUT2D eigenvalue weighted by Gasteiger charge is 2.16. The van der Waals surface area contributed by atoms with Crippen molar-refractivity contribution in [1.82, 2.24) is 19.1 Å². The van der Waals surface area contributed by atoms with Gasteiger partial charge in [-0.3, -0.25) is 14.5 Å². The molecular formula is C24H17N5O. The van der Waals surface area contributed by atoms with Crippen molar-refractivity contribution in [1.29, 1.82) is 5.26 Å². The van der Waals surface area contributed by atoms with Crippen LogP contribution in [0, 0.1) is 11.3 Å². The molecule has 6 heteroatoms. The average molecular weight is 391 g/mol. The smallest absolute Gasteiger partial charge is 0.301 e. The van der Waals surface area contributed by atoms with Crippen molar-refractivity contribution < 1.29 is 0 Å².